The average Bonchev–Trinajstić information content (AvgIpc) is 3.61. The molecule has 0 saturated carbocycles. The van der Waals surface area contributed by atoms with Crippen LogP contribution in [0.2, 0.25) is 0 Å². The Labute approximate surface area is 226 Å². The number of aromatic nitrogens is 4. The molecule has 5 aromatic rings. The molecular formula is C29H24F4N4O3. The van der Waals surface area contributed by atoms with E-state index in [9.17, 15) is 18.0 Å². The summed E-state index contributed by atoms with van der Waals surface area (Å²) in [6.07, 6.45) is 1.68. The van der Waals surface area contributed by atoms with Crippen LogP contribution >= 0.6 is 0 Å². The van der Waals surface area contributed by atoms with Crippen molar-refractivity contribution in [2.45, 2.75) is 32.6 Å². The van der Waals surface area contributed by atoms with Crippen LogP contribution in [0.25, 0.3) is 22.3 Å². The maximum atomic E-state index is 15.3. The van der Waals surface area contributed by atoms with Crippen molar-refractivity contribution in [3.05, 3.63) is 94.9 Å². The van der Waals surface area contributed by atoms with Gasteiger partial charge in [-0.1, -0.05) is 25.1 Å². The quantitative estimate of drug-likeness (QED) is 0.153. The molecule has 1 unspecified atom stereocenters. The lowest BCUT2D eigenvalue weighted by Crippen LogP contribution is -2.08. The number of H-pyrrole nitrogens is 2. The molecule has 0 aliphatic rings. The van der Waals surface area contributed by atoms with Gasteiger partial charge in [-0.05, 0) is 48.7 Å². The first-order valence-electron chi connectivity index (χ1n) is 12.5. The lowest BCUT2D eigenvalue weighted by molar-refractivity contribution is -0.143. The zero-order chi connectivity index (χ0) is 28.4. The summed E-state index contributed by atoms with van der Waals surface area (Å²) in [7, 11) is 0. The topological polar surface area (TPSA) is 92.9 Å². The molecule has 2 heterocycles. The Hall–Kier alpha value is -4.67. The fourth-order valence-electron chi connectivity index (χ4n) is 4.41. The number of hydrogen-bond acceptors (Lipinski definition) is 5. The molecule has 5 rings (SSSR count). The summed E-state index contributed by atoms with van der Waals surface area (Å²) in [6.45, 7) is 3.65. The molecule has 0 radical (unpaired) electrons. The van der Waals surface area contributed by atoms with Gasteiger partial charge in [0.05, 0.1) is 17.7 Å². The summed E-state index contributed by atoms with van der Waals surface area (Å²) in [5.41, 5.74) is 0.875. The number of esters is 1. The van der Waals surface area contributed by atoms with Crippen molar-refractivity contribution < 1.29 is 31.8 Å². The Bertz CT molecular complexity index is 1700. The van der Waals surface area contributed by atoms with Gasteiger partial charge in [0.15, 0.2) is 23.2 Å². The second-order valence-electron chi connectivity index (χ2n) is 9.09. The molecule has 1 atom stereocenters. The highest BCUT2D eigenvalue weighted by atomic mass is 19.1. The van der Waals surface area contributed by atoms with E-state index in [1.165, 1.54) is 24.4 Å². The summed E-state index contributed by atoms with van der Waals surface area (Å²) >= 11 is 0. The standard InChI is InChI=1S/C29H24F4N4O3/c1-3-39-24(38)10-7-16-5-4-6-18(25(16)32)15(2)28-35-29(37-36-28)20-13-17(8-9-21(20)30)40-27-22(31)14-23-19(26(27)33)11-12-34-23/h4-6,8-9,11-15,34H,3,7,10H2,1-2H3,(H,35,36,37). The SMILES string of the molecule is CCOC(=O)CCc1cccc(C(C)c2nnc(-c3cc(Oc4c(F)cc5[nH]ccc5c4F)ccc3F)[nH]2)c1F. The van der Waals surface area contributed by atoms with E-state index >= 15 is 4.39 Å². The van der Waals surface area contributed by atoms with Crippen LogP contribution in [-0.2, 0) is 16.0 Å². The van der Waals surface area contributed by atoms with E-state index in [4.69, 9.17) is 9.47 Å². The lowest BCUT2D eigenvalue weighted by Gasteiger charge is -2.13. The monoisotopic (exact) mass is 552 g/mol. The number of fused-ring (bicyclic) bond motifs is 1. The third-order valence-electron chi connectivity index (χ3n) is 6.51. The average molecular weight is 553 g/mol. The fraction of sp³-hybridized carbons (Fsp3) is 0.207. The molecule has 0 aliphatic carbocycles. The minimum atomic E-state index is -0.930. The van der Waals surface area contributed by atoms with Gasteiger partial charge >= 0.3 is 5.97 Å². The second-order valence-corrected chi connectivity index (χ2v) is 9.09. The molecular weight excluding hydrogens is 528 g/mol. The molecule has 2 aromatic heterocycles. The number of nitrogens with one attached hydrogen (secondary N) is 2. The van der Waals surface area contributed by atoms with Gasteiger partial charge in [-0.15, -0.1) is 10.2 Å². The maximum Gasteiger partial charge on any atom is 0.306 e. The van der Waals surface area contributed by atoms with E-state index in [2.05, 4.69) is 20.2 Å². The van der Waals surface area contributed by atoms with Gasteiger partial charge in [-0.2, -0.15) is 0 Å². The van der Waals surface area contributed by atoms with Crippen molar-refractivity contribution in [2.24, 2.45) is 0 Å². The van der Waals surface area contributed by atoms with Gasteiger partial charge in [0.2, 0.25) is 0 Å². The van der Waals surface area contributed by atoms with Gasteiger partial charge < -0.3 is 19.4 Å². The third-order valence-corrected chi connectivity index (χ3v) is 6.51. The predicted octanol–water partition coefficient (Wildman–Crippen LogP) is 6.95. The van der Waals surface area contributed by atoms with E-state index in [1.807, 2.05) is 0 Å². The van der Waals surface area contributed by atoms with Crippen molar-refractivity contribution in [3.63, 3.8) is 0 Å². The van der Waals surface area contributed by atoms with Crippen LogP contribution < -0.4 is 4.74 Å². The summed E-state index contributed by atoms with van der Waals surface area (Å²) < 4.78 is 69.8. The molecule has 11 heteroatoms. The van der Waals surface area contributed by atoms with Crippen LogP contribution in [0.15, 0.2) is 54.7 Å². The number of carbonyl (C=O) groups excluding carboxylic acids is 1. The molecule has 40 heavy (non-hydrogen) atoms. The number of carbonyl (C=O) groups is 1. The largest absolute Gasteiger partial charge is 0.466 e. The van der Waals surface area contributed by atoms with Crippen LogP contribution in [0.1, 0.15) is 43.1 Å². The van der Waals surface area contributed by atoms with E-state index in [-0.39, 0.29) is 53.3 Å². The van der Waals surface area contributed by atoms with Crippen LogP contribution in [0.5, 0.6) is 11.5 Å². The third kappa shape index (κ3) is 5.27. The van der Waals surface area contributed by atoms with Crippen molar-refractivity contribution in [3.8, 4) is 22.9 Å². The minimum absolute atomic E-state index is 0.0192. The Morgan fingerprint density at radius 1 is 1.00 bits per heavy atom. The zero-order valence-electron chi connectivity index (χ0n) is 21.5. The van der Waals surface area contributed by atoms with Crippen LogP contribution in [0.3, 0.4) is 0 Å². The number of halogens is 4. The van der Waals surface area contributed by atoms with Crippen LogP contribution in [0.4, 0.5) is 17.6 Å². The van der Waals surface area contributed by atoms with E-state index < -0.39 is 40.9 Å². The van der Waals surface area contributed by atoms with E-state index in [0.717, 1.165) is 12.1 Å². The van der Waals surface area contributed by atoms with Gasteiger partial charge in [0.1, 0.15) is 23.2 Å². The van der Waals surface area contributed by atoms with Crippen LogP contribution in [0, 0.1) is 23.3 Å². The molecule has 206 valence electrons. The molecule has 7 nitrogen and oxygen atoms in total. The molecule has 0 aliphatic heterocycles. The first-order valence-corrected chi connectivity index (χ1v) is 12.5. The first kappa shape index (κ1) is 26.9. The Morgan fingerprint density at radius 2 is 1.82 bits per heavy atom. The Kier molecular flexibility index (Phi) is 7.54. The minimum Gasteiger partial charge on any atom is -0.466 e. The van der Waals surface area contributed by atoms with Crippen molar-refractivity contribution in [1.82, 2.24) is 20.2 Å². The Morgan fingerprint density at radius 3 is 2.62 bits per heavy atom. The summed E-state index contributed by atoms with van der Waals surface area (Å²) in [4.78, 5) is 17.3. The van der Waals surface area contributed by atoms with Crippen molar-refractivity contribution in [1.29, 1.82) is 0 Å². The smallest absolute Gasteiger partial charge is 0.306 e. The molecule has 0 saturated heterocycles. The van der Waals surface area contributed by atoms with Crippen molar-refractivity contribution >= 4 is 16.9 Å². The van der Waals surface area contributed by atoms with E-state index in [1.54, 1.807) is 32.0 Å². The first-order chi connectivity index (χ1) is 19.3. The number of hydrogen-bond donors (Lipinski definition) is 2. The van der Waals surface area contributed by atoms with Gasteiger partial charge in [0.25, 0.3) is 0 Å². The normalized spacial score (nSPS) is 12.1. The number of aromatic amines is 2. The molecule has 0 bridgehead atoms. The number of ether oxygens (including phenoxy) is 2. The van der Waals surface area contributed by atoms with E-state index in [0.29, 0.717) is 11.1 Å². The molecule has 2 N–H and O–H groups in total. The highest BCUT2D eigenvalue weighted by Crippen LogP contribution is 2.35. The molecule has 0 amide bonds. The van der Waals surface area contributed by atoms with Crippen LogP contribution in [-0.4, -0.2) is 32.7 Å². The molecule has 0 spiro atoms. The molecule has 3 aromatic carbocycles. The highest BCUT2D eigenvalue weighted by Gasteiger charge is 2.22. The highest BCUT2D eigenvalue weighted by molar-refractivity contribution is 5.82. The summed E-state index contributed by atoms with van der Waals surface area (Å²) in [5.74, 6) is -4.39. The summed E-state index contributed by atoms with van der Waals surface area (Å²) in [5, 5.41) is 8.22. The fourth-order valence-corrected chi connectivity index (χ4v) is 4.41. The number of rotatable bonds is 9. The number of benzene rings is 3. The lowest BCUT2D eigenvalue weighted by atomic mass is 9.96. The summed E-state index contributed by atoms with van der Waals surface area (Å²) in [6, 6.07) is 11.0. The van der Waals surface area contributed by atoms with Gasteiger partial charge in [-0.3, -0.25) is 4.79 Å². The number of aryl methyl sites for hydroxylation is 1. The van der Waals surface area contributed by atoms with Crippen molar-refractivity contribution in [2.75, 3.05) is 6.61 Å². The van der Waals surface area contributed by atoms with Gasteiger partial charge in [0, 0.05) is 30.0 Å². The maximum absolute atomic E-state index is 15.3. The second kappa shape index (κ2) is 11.2. The predicted molar refractivity (Wildman–Crippen MR) is 139 cm³/mol. The molecule has 0 fully saturated rings. The Balaban J connectivity index is 1.39. The van der Waals surface area contributed by atoms with Gasteiger partial charge in [-0.25, -0.2) is 17.6 Å². The number of nitrogens with zero attached hydrogens (tertiary/aromatic N) is 2. The zero-order valence-corrected chi connectivity index (χ0v) is 21.5.